The fourth-order valence-corrected chi connectivity index (χ4v) is 7.65. The second kappa shape index (κ2) is 18.0. The van der Waals surface area contributed by atoms with Gasteiger partial charge in [-0.3, -0.25) is 29.3 Å². The van der Waals surface area contributed by atoms with Crippen LogP contribution in [0.15, 0.2) is 97.1 Å². The van der Waals surface area contributed by atoms with Crippen molar-refractivity contribution < 1.29 is 47.7 Å². The van der Waals surface area contributed by atoms with Gasteiger partial charge < -0.3 is 23.7 Å². The van der Waals surface area contributed by atoms with E-state index in [-0.39, 0.29) is 35.6 Å². The first kappa shape index (κ1) is 38.3. The van der Waals surface area contributed by atoms with Gasteiger partial charge in [-0.05, 0) is 83.6 Å². The van der Waals surface area contributed by atoms with Crippen molar-refractivity contribution in [3.05, 3.63) is 119 Å². The Hall–Kier alpha value is -5.47. The monoisotopic (exact) mass is 770 g/mol. The summed E-state index contributed by atoms with van der Waals surface area (Å²) in [6.45, 7) is 1.64. The van der Waals surface area contributed by atoms with Crippen LogP contribution in [-0.4, -0.2) is 70.7 Å². The van der Waals surface area contributed by atoms with Crippen LogP contribution in [0.3, 0.4) is 0 Å². The molecule has 2 fully saturated rings. The van der Waals surface area contributed by atoms with Gasteiger partial charge in [0.15, 0.2) is 12.8 Å². The smallest absolute Gasteiger partial charge is 0.303 e. The fourth-order valence-electron chi connectivity index (χ4n) is 5.77. The molecule has 0 aromatic heterocycles. The predicted molar refractivity (Wildman–Crippen MR) is 203 cm³/mol. The highest BCUT2D eigenvalue weighted by Gasteiger charge is 2.40. The highest BCUT2D eigenvalue weighted by atomic mass is 32.2. The Kier molecular flexibility index (Phi) is 12.8. The molecule has 6 rings (SSSR count). The molecular formula is C40H38N2O10S2. The maximum atomic E-state index is 13.2. The van der Waals surface area contributed by atoms with Crippen molar-refractivity contribution in [2.75, 3.05) is 27.1 Å². The van der Waals surface area contributed by atoms with E-state index in [9.17, 15) is 24.0 Å². The maximum Gasteiger partial charge on any atom is 0.303 e. The summed E-state index contributed by atoms with van der Waals surface area (Å²) in [5.41, 5.74) is 3.49. The Balaban J connectivity index is 0.942. The summed E-state index contributed by atoms with van der Waals surface area (Å²) in [6.07, 6.45) is 0.772. The van der Waals surface area contributed by atoms with Crippen LogP contribution in [0, 0.1) is 0 Å². The Morgan fingerprint density at radius 1 is 0.741 bits per heavy atom. The number of ether oxygens (including phenoxy) is 5. The number of carbonyl (C=O) groups excluding carboxylic acids is 5. The lowest BCUT2D eigenvalue weighted by atomic mass is 10.1. The van der Waals surface area contributed by atoms with Crippen molar-refractivity contribution in [1.82, 2.24) is 10.2 Å². The molecule has 4 aromatic carbocycles. The summed E-state index contributed by atoms with van der Waals surface area (Å²) in [6, 6.07) is 29.3. The first-order valence-electron chi connectivity index (χ1n) is 17.1. The minimum absolute atomic E-state index is 0.0908. The van der Waals surface area contributed by atoms with Crippen LogP contribution in [-0.2, 0) is 38.4 Å². The predicted octanol–water partition coefficient (Wildman–Crippen LogP) is 6.54. The number of thioether (sulfide) groups is 2. The molecule has 2 saturated heterocycles. The second-order valence-electron chi connectivity index (χ2n) is 12.4. The molecule has 0 bridgehead atoms. The zero-order valence-corrected chi connectivity index (χ0v) is 31.2. The number of nitrogens with zero attached hydrogens (tertiary/aromatic N) is 1. The van der Waals surface area contributed by atoms with Gasteiger partial charge in [-0.2, -0.15) is 0 Å². The van der Waals surface area contributed by atoms with Gasteiger partial charge in [-0.25, -0.2) is 4.90 Å². The van der Waals surface area contributed by atoms with E-state index in [0.717, 1.165) is 50.7 Å². The van der Waals surface area contributed by atoms with Crippen molar-refractivity contribution >= 4 is 51.8 Å². The number of imide groups is 2. The summed E-state index contributed by atoms with van der Waals surface area (Å²) >= 11 is 1.98. The Morgan fingerprint density at radius 2 is 1.41 bits per heavy atom. The first-order valence-corrected chi connectivity index (χ1v) is 18.9. The lowest BCUT2D eigenvalue weighted by molar-refractivity contribution is -0.148. The standard InChI is InChI=1S/C40H38N2O10S2/c1-25(43)52-34(29-6-4-7-32(22-29)48-2)23-50-31-15-11-28(12-16-31)21-36-38(45)42(40(47)54-36)24-51-33-8-3-5-26(19-33)17-18-49-30-13-9-27(10-14-30)20-35-37(44)41-39(46)53-35/h3-16,19,22,34-36H,17-18,20-21,23-24H2,1-2H3,(H,41,44,46)/t34-,35?,36?/m1/s1. The molecule has 0 aliphatic carbocycles. The van der Waals surface area contributed by atoms with E-state index in [1.54, 1.807) is 37.4 Å². The summed E-state index contributed by atoms with van der Waals surface area (Å²) in [5, 5.41) is 0.615. The van der Waals surface area contributed by atoms with Gasteiger partial charge >= 0.3 is 5.97 Å². The number of hydrogen-bond donors (Lipinski definition) is 1. The molecule has 2 heterocycles. The Morgan fingerprint density at radius 3 is 2.07 bits per heavy atom. The third kappa shape index (κ3) is 10.4. The van der Waals surface area contributed by atoms with Gasteiger partial charge in [0.05, 0.1) is 24.2 Å². The largest absolute Gasteiger partial charge is 0.497 e. The first-order chi connectivity index (χ1) is 26.1. The second-order valence-corrected chi connectivity index (χ2v) is 14.8. The van der Waals surface area contributed by atoms with Crippen molar-refractivity contribution in [1.29, 1.82) is 0 Å². The summed E-state index contributed by atoms with van der Waals surface area (Å²) in [7, 11) is 1.56. The molecule has 2 aliphatic heterocycles. The van der Waals surface area contributed by atoms with Gasteiger partial charge in [0, 0.05) is 13.3 Å². The van der Waals surface area contributed by atoms with Crippen molar-refractivity contribution in [3.8, 4) is 23.0 Å². The number of benzene rings is 4. The summed E-state index contributed by atoms with van der Waals surface area (Å²) in [5.74, 6) is 1.39. The van der Waals surface area contributed by atoms with Crippen molar-refractivity contribution in [2.24, 2.45) is 0 Å². The Labute approximate surface area is 320 Å². The van der Waals surface area contributed by atoms with E-state index in [2.05, 4.69) is 5.32 Å². The van der Waals surface area contributed by atoms with E-state index in [4.69, 9.17) is 23.7 Å². The number of amides is 4. The van der Waals surface area contributed by atoms with Crippen LogP contribution in [0.2, 0.25) is 0 Å². The number of methoxy groups -OCH3 is 1. The van der Waals surface area contributed by atoms with Gasteiger partial charge in [0.1, 0.15) is 29.6 Å². The minimum Gasteiger partial charge on any atom is -0.497 e. The molecule has 280 valence electrons. The molecule has 0 spiro atoms. The topological polar surface area (TPSA) is 147 Å². The van der Waals surface area contributed by atoms with Gasteiger partial charge in [-0.15, -0.1) is 0 Å². The molecule has 4 amide bonds. The average Bonchev–Trinajstić information content (AvgIpc) is 3.63. The van der Waals surface area contributed by atoms with Crippen molar-refractivity contribution in [2.45, 2.75) is 42.8 Å². The number of carbonyl (C=O) groups is 5. The lowest BCUT2D eigenvalue weighted by Crippen LogP contribution is -2.35. The zero-order valence-electron chi connectivity index (χ0n) is 29.6. The van der Waals surface area contributed by atoms with Crippen molar-refractivity contribution in [3.63, 3.8) is 0 Å². The van der Waals surface area contributed by atoms with Gasteiger partial charge in [-0.1, -0.05) is 72.1 Å². The zero-order chi connectivity index (χ0) is 38.0. The average molecular weight is 771 g/mol. The molecule has 3 atom stereocenters. The fraction of sp³-hybridized carbons (Fsp3) is 0.275. The van der Waals surface area contributed by atoms with E-state index in [1.807, 2.05) is 66.7 Å². The van der Waals surface area contributed by atoms with Crippen LogP contribution in [0.25, 0.3) is 0 Å². The number of nitrogens with one attached hydrogen (secondary N) is 1. The molecule has 54 heavy (non-hydrogen) atoms. The van der Waals surface area contributed by atoms with Gasteiger partial charge in [0.2, 0.25) is 11.8 Å². The number of rotatable bonds is 17. The van der Waals surface area contributed by atoms with Crippen LogP contribution in [0.5, 0.6) is 23.0 Å². The molecule has 2 aliphatic rings. The van der Waals surface area contributed by atoms with E-state index < -0.39 is 22.6 Å². The summed E-state index contributed by atoms with van der Waals surface area (Å²) < 4.78 is 28.5. The molecule has 2 unspecified atom stereocenters. The highest BCUT2D eigenvalue weighted by molar-refractivity contribution is 8.15. The molecule has 1 N–H and O–H groups in total. The molecule has 12 nitrogen and oxygen atoms in total. The molecule has 0 radical (unpaired) electrons. The van der Waals surface area contributed by atoms with Crippen LogP contribution >= 0.6 is 23.5 Å². The SMILES string of the molecule is COc1cccc([C@@H](COc2ccc(CC3SC(=O)N(COc4cccc(CCOc5ccc(CC6SC(=O)NC6=O)cc5)c4)C3=O)cc2)OC(C)=O)c1. The highest BCUT2D eigenvalue weighted by Crippen LogP contribution is 2.31. The lowest BCUT2D eigenvalue weighted by Gasteiger charge is -2.19. The minimum atomic E-state index is -0.634. The molecular weight excluding hydrogens is 733 g/mol. The maximum absolute atomic E-state index is 13.2. The third-order valence-electron chi connectivity index (χ3n) is 8.55. The number of hydrogen-bond acceptors (Lipinski definition) is 12. The Bertz CT molecular complexity index is 1990. The summed E-state index contributed by atoms with van der Waals surface area (Å²) in [4.78, 5) is 62.1. The molecule has 4 aromatic rings. The molecule has 14 heteroatoms. The van der Waals surface area contributed by atoms with Crippen LogP contribution in [0.1, 0.15) is 35.3 Å². The van der Waals surface area contributed by atoms with E-state index in [0.29, 0.717) is 48.9 Å². The normalized spacial score (nSPS) is 17.3. The van der Waals surface area contributed by atoms with Crippen LogP contribution in [0.4, 0.5) is 9.59 Å². The van der Waals surface area contributed by atoms with E-state index in [1.165, 1.54) is 6.92 Å². The quantitative estimate of drug-likeness (QED) is 0.116. The molecule has 0 saturated carbocycles. The van der Waals surface area contributed by atoms with E-state index >= 15 is 0 Å². The third-order valence-corrected chi connectivity index (χ3v) is 10.6. The number of esters is 1. The van der Waals surface area contributed by atoms with Gasteiger partial charge in [0.25, 0.3) is 10.5 Å². The van der Waals surface area contributed by atoms with Crippen LogP contribution < -0.4 is 24.3 Å².